The van der Waals surface area contributed by atoms with Crippen molar-refractivity contribution in [3.05, 3.63) is 24.4 Å². The number of carbonyl (C=O) groups excluding carboxylic acids is 1. The normalized spacial score (nSPS) is 10.4. The quantitative estimate of drug-likeness (QED) is 0.436. The van der Waals surface area contributed by atoms with E-state index in [9.17, 15) is 4.79 Å². The zero-order chi connectivity index (χ0) is 13.2. The second kappa shape index (κ2) is 8.40. The van der Waals surface area contributed by atoms with Crippen molar-refractivity contribution in [2.75, 3.05) is 38.3 Å². The summed E-state index contributed by atoms with van der Waals surface area (Å²) in [5, 5.41) is 17.6. The van der Waals surface area contributed by atoms with Gasteiger partial charge in [0.25, 0.3) is 5.91 Å². The molecule has 4 N–H and O–H groups in total. The largest absolute Gasteiger partial charge is 0.395 e. The van der Waals surface area contributed by atoms with E-state index in [2.05, 4.69) is 15.8 Å². The van der Waals surface area contributed by atoms with Gasteiger partial charge in [0.2, 0.25) is 0 Å². The maximum Gasteiger partial charge on any atom is 0.252 e. The first kappa shape index (κ1) is 14.4. The molecule has 1 aromatic heterocycles. The minimum absolute atomic E-state index is 0.0546. The Kier molecular flexibility index (Phi) is 6.70. The molecule has 0 bridgehead atoms. The van der Waals surface area contributed by atoms with Crippen molar-refractivity contribution in [3.8, 4) is 0 Å². The third-order valence-corrected chi connectivity index (χ3v) is 2.19. The predicted molar refractivity (Wildman–Crippen MR) is 66.6 cm³/mol. The van der Waals surface area contributed by atoms with Crippen molar-refractivity contribution >= 4 is 11.7 Å². The summed E-state index contributed by atoms with van der Waals surface area (Å²) >= 11 is 0. The van der Waals surface area contributed by atoms with Crippen LogP contribution >= 0.6 is 0 Å². The first-order chi connectivity index (χ1) is 8.76. The molecule has 0 aliphatic rings. The van der Waals surface area contributed by atoms with Gasteiger partial charge in [-0.15, -0.1) is 0 Å². The molecular formula is C11H18N4O3. The van der Waals surface area contributed by atoms with E-state index < -0.39 is 0 Å². The van der Waals surface area contributed by atoms with Gasteiger partial charge in [-0.1, -0.05) is 6.07 Å². The van der Waals surface area contributed by atoms with Gasteiger partial charge in [-0.25, -0.2) is 4.98 Å². The van der Waals surface area contributed by atoms with Crippen LogP contribution in [0.2, 0.25) is 0 Å². The van der Waals surface area contributed by atoms with Crippen LogP contribution < -0.4 is 10.9 Å². The highest BCUT2D eigenvalue weighted by atomic mass is 16.3. The molecule has 0 saturated carbocycles. The molecule has 7 heteroatoms. The van der Waals surface area contributed by atoms with Crippen molar-refractivity contribution in [3.63, 3.8) is 0 Å². The fraction of sp³-hybridized carbons (Fsp3) is 0.455. The van der Waals surface area contributed by atoms with Gasteiger partial charge in [0, 0.05) is 19.3 Å². The molecule has 0 atom stereocenters. The monoisotopic (exact) mass is 254 g/mol. The summed E-state index contributed by atoms with van der Waals surface area (Å²) < 4.78 is 0. The van der Waals surface area contributed by atoms with E-state index in [-0.39, 0.29) is 25.7 Å². The average molecular weight is 254 g/mol. The lowest BCUT2D eigenvalue weighted by Crippen LogP contribution is -2.42. The standard InChI is InChI=1S/C11H18N4O3/c16-7-5-15(6-8-17)9-11(18)14-13-10-3-1-2-4-12-10/h1-4,16-17H,5-9H2,(H,12,13)(H,14,18). The number of rotatable bonds is 8. The van der Waals surface area contributed by atoms with Crippen molar-refractivity contribution in [2.45, 2.75) is 0 Å². The first-order valence-electron chi connectivity index (χ1n) is 5.66. The Hall–Kier alpha value is -1.70. The zero-order valence-corrected chi connectivity index (χ0v) is 10.0. The first-order valence-corrected chi connectivity index (χ1v) is 5.66. The van der Waals surface area contributed by atoms with Gasteiger partial charge in [0.05, 0.1) is 19.8 Å². The molecule has 1 rings (SSSR count). The molecule has 0 saturated heterocycles. The Balaban J connectivity index is 2.31. The van der Waals surface area contributed by atoms with Crippen molar-refractivity contribution in [1.29, 1.82) is 0 Å². The fourth-order valence-corrected chi connectivity index (χ4v) is 1.37. The minimum Gasteiger partial charge on any atom is -0.395 e. The van der Waals surface area contributed by atoms with E-state index in [4.69, 9.17) is 10.2 Å². The number of anilines is 1. The summed E-state index contributed by atoms with van der Waals surface area (Å²) in [5.74, 6) is 0.282. The molecule has 1 heterocycles. The summed E-state index contributed by atoms with van der Waals surface area (Å²) in [7, 11) is 0. The van der Waals surface area contributed by atoms with Crippen molar-refractivity contribution in [2.24, 2.45) is 0 Å². The van der Waals surface area contributed by atoms with Crippen LogP contribution in [0.5, 0.6) is 0 Å². The topological polar surface area (TPSA) is 97.7 Å². The Labute approximate surface area is 105 Å². The van der Waals surface area contributed by atoms with Crippen molar-refractivity contribution in [1.82, 2.24) is 15.3 Å². The van der Waals surface area contributed by atoms with E-state index in [1.807, 2.05) is 0 Å². The summed E-state index contributed by atoms with van der Waals surface area (Å²) in [5.41, 5.74) is 5.16. The van der Waals surface area contributed by atoms with Crippen LogP contribution in [0.25, 0.3) is 0 Å². The summed E-state index contributed by atoms with van der Waals surface area (Å²) in [6.45, 7) is 0.679. The third-order valence-electron chi connectivity index (χ3n) is 2.19. The van der Waals surface area contributed by atoms with Gasteiger partial charge in [-0.3, -0.25) is 20.5 Å². The minimum atomic E-state index is -0.262. The van der Waals surface area contributed by atoms with E-state index in [0.717, 1.165) is 0 Å². The molecular weight excluding hydrogens is 236 g/mol. The predicted octanol–water partition coefficient (Wildman–Crippen LogP) is -1.19. The summed E-state index contributed by atoms with van der Waals surface area (Å²) in [6.07, 6.45) is 1.61. The van der Waals surface area contributed by atoms with E-state index in [0.29, 0.717) is 18.9 Å². The van der Waals surface area contributed by atoms with Gasteiger partial charge in [-0.05, 0) is 12.1 Å². The summed E-state index contributed by atoms with van der Waals surface area (Å²) in [4.78, 5) is 17.2. The molecule has 0 fully saturated rings. The number of amides is 1. The molecule has 7 nitrogen and oxygen atoms in total. The maximum absolute atomic E-state index is 11.6. The number of pyridine rings is 1. The molecule has 0 unspecified atom stereocenters. The fourth-order valence-electron chi connectivity index (χ4n) is 1.37. The number of nitrogens with one attached hydrogen (secondary N) is 2. The second-order valence-electron chi connectivity index (χ2n) is 3.61. The molecule has 0 aliphatic carbocycles. The molecule has 100 valence electrons. The number of carbonyl (C=O) groups is 1. The molecule has 0 spiro atoms. The smallest absolute Gasteiger partial charge is 0.252 e. The van der Waals surface area contributed by atoms with Crippen LogP contribution in [0.3, 0.4) is 0 Å². The number of hydrogen-bond acceptors (Lipinski definition) is 6. The molecule has 0 radical (unpaired) electrons. The molecule has 0 aromatic carbocycles. The molecule has 1 amide bonds. The molecule has 18 heavy (non-hydrogen) atoms. The average Bonchev–Trinajstić information content (AvgIpc) is 2.38. The Morgan fingerprint density at radius 2 is 2.00 bits per heavy atom. The number of aliphatic hydroxyl groups excluding tert-OH is 2. The lowest BCUT2D eigenvalue weighted by molar-refractivity contribution is -0.121. The van der Waals surface area contributed by atoms with E-state index in [1.54, 1.807) is 29.3 Å². The number of hydrogen-bond donors (Lipinski definition) is 4. The SMILES string of the molecule is O=C(CN(CCO)CCO)NNc1ccccn1. The van der Waals surface area contributed by atoms with E-state index >= 15 is 0 Å². The van der Waals surface area contributed by atoms with Crippen molar-refractivity contribution < 1.29 is 15.0 Å². The maximum atomic E-state index is 11.6. The van der Waals surface area contributed by atoms with E-state index in [1.165, 1.54) is 0 Å². The highest BCUT2D eigenvalue weighted by Gasteiger charge is 2.09. The number of hydrazine groups is 1. The van der Waals surface area contributed by atoms with Crippen LogP contribution in [-0.4, -0.2) is 58.9 Å². The van der Waals surface area contributed by atoms with Crippen LogP contribution in [-0.2, 0) is 4.79 Å². The Bertz CT molecular complexity index is 341. The highest BCUT2D eigenvalue weighted by Crippen LogP contribution is 1.96. The number of nitrogens with zero attached hydrogens (tertiary/aromatic N) is 2. The molecule has 1 aromatic rings. The lowest BCUT2D eigenvalue weighted by Gasteiger charge is -2.19. The van der Waals surface area contributed by atoms with Gasteiger partial charge < -0.3 is 10.2 Å². The third kappa shape index (κ3) is 5.58. The second-order valence-corrected chi connectivity index (χ2v) is 3.61. The van der Waals surface area contributed by atoms with Gasteiger partial charge in [0.1, 0.15) is 5.82 Å². The van der Waals surface area contributed by atoms with Gasteiger partial charge in [0.15, 0.2) is 0 Å². The Morgan fingerprint density at radius 1 is 1.28 bits per heavy atom. The summed E-state index contributed by atoms with van der Waals surface area (Å²) in [6, 6.07) is 5.29. The molecule has 0 aliphatic heterocycles. The van der Waals surface area contributed by atoms with Crippen LogP contribution in [0.1, 0.15) is 0 Å². The van der Waals surface area contributed by atoms with Gasteiger partial charge in [-0.2, -0.15) is 0 Å². The highest BCUT2D eigenvalue weighted by molar-refractivity contribution is 5.79. The van der Waals surface area contributed by atoms with Crippen LogP contribution in [0.4, 0.5) is 5.82 Å². The Morgan fingerprint density at radius 3 is 2.56 bits per heavy atom. The lowest BCUT2D eigenvalue weighted by atomic mass is 10.4. The van der Waals surface area contributed by atoms with Crippen LogP contribution in [0, 0.1) is 0 Å². The van der Waals surface area contributed by atoms with Gasteiger partial charge >= 0.3 is 0 Å². The number of aromatic nitrogens is 1. The number of aliphatic hydroxyl groups is 2. The van der Waals surface area contributed by atoms with Crippen LogP contribution in [0.15, 0.2) is 24.4 Å². The zero-order valence-electron chi connectivity index (χ0n) is 10.0.